The molecule has 0 saturated heterocycles. The van der Waals surface area contributed by atoms with Crippen LogP contribution in [0.15, 0.2) is 41.3 Å². The summed E-state index contributed by atoms with van der Waals surface area (Å²) in [5.74, 6) is 1.09. The molecule has 7 heteroatoms. The Bertz CT molecular complexity index is 1140. The van der Waals surface area contributed by atoms with Crippen molar-refractivity contribution in [1.82, 2.24) is 19.9 Å². The minimum absolute atomic E-state index is 0.288. The lowest BCUT2D eigenvalue weighted by atomic mass is 9.42. The smallest absolute Gasteiger partial charge is 0.146 e. The van der Waals surface area contributed by atoms with Gasteiger partial charge in [-0.15, -0.1) is 0 Å². The van der Waals surface area contributed by atoms with Crippen LogP contribution in [0.3, 0.4) is 0 Å². The van der Waals surface area contributed by atoms with Gasteiger partial charge in [0.15, 0.2) is 0 Å². The number of rotatable bonds is 7. The average molecular weight is 498 g/mol. The third-order valence-corrected chi connectivity index (χ3v) is 8.61. The standard InChI is InChI=1S/C25H29BrFN5/c26-20-10-32(23-21(20)22(28)30-15-31-23)19-6-5-18(9-19)17-3-1-16(2-4-17)7-8-29-14-24-11-25(27,12-24)13-24/h1-4,10,15,18-19,29H,5-9,11-14H2,(H2,28,30,31)/t18-,19+,24?,25?/m1/s1. The Balaban J connectivity index is 1.05. The Kier molecular flexibility index (Phi) is 4.84. The van der Waals surface area contributed by atoms with Crippen LogP contribution < -0.4 is 11.1 Å². The zero-order valence-electron chi connectivity index (χ0n) is 18.2. The van der Waals surface area contributed by atoms with Crippen LogP contribution in [0.2, 0.25) is 0 Å². The number of nitrogens with one attached hydrogen (secondary N) is 1. The first kappa shape index (κ1) is 20.6. The van der Waals surface area contributed by atoms with Gasteiger partial charge < -0.3 is 15.6 Å². The molecule has 4 aliphatic rings. The molecule has 4 aliphatic carbocycles. The largest absolute Gasteiger partial charge is 0.383 e. The van der Waals surface area contributed by atoms with E-state index in [1.54, 1.807) is 6.33 Å². The van der Waals surface area contributed by atoms with E-state index in [0.29, 0.717) is 17.8 Å². The highest BCUT2D eigenvalue weighted by Gasteiger charge is 2.68. The van der Waals surface area contributed by atoms with Gasteiger partial charge in [-0.25, -0.2) is 14.4 Å². The summed E-state index contributed by atoms with van der Waals surface area (Å²) in [6.45, 7) is 1.94. The van der Waals surface area contributed by atoms with Gasteiger partial charge in [-0.05, 0) is 89.9 Å². The maximum Gasteiger partial charge on any atom is 0.146 e. The Hall–Kier alpha value is -1.99. The van der Waals surface area contributed by atoms with Gasteiger partial charge in [0, 0.05) is 23.3 Å². The van der Waals surface area contributed by atoms with Crippen LogP contribution in [0.1, 0.15) is 61.6 Å². The van der Waals surface area contributed by atoms with Crippen LogP contribution in [0.5, 0.6) is 0 Å². The van der Waals surface area contributed by atoms with Crippen LogP contribution >= 0.6 is 15.9 Å². The number of aromatic nitrogens is 3. The fraction of sp³-hybridized carbons (Fsp3) is 0.520. The van der Waals surface area contributed by atoms with Crippen molar-refractivity contribution in [2.75, 3.05) is 18.8 Å². The molecule has 32 heavy (non-hydrogen) atoms. The van der Waals surface area contributed by atoms with Crippen LogP contribution in [-0.2, 0) is 6.42 Å². The van der Waals surface area contributed by atoms with E-state index < -0.39 is 5.67 Å². The van der Waals surface area contributed by atoms with E-state index in [-0.39, 0.29) is 5.41 Å². The minimum atomic E-state index is -0.789. The SMILES string of the molecule is Nc1ncnc2c1c(Br)cn2[C@H]1CC[C@@H](c2ccc(CCNCC34CC(F)(C3)C4)cc2)C1. The number of halogens is 2. The molecule has 0 radical (unpaired) electrons. The summed E-state index contributed by atoms with van der Waals surface area (Å²) in [6.07, 6.45) is 10.4. The van der Waals surface area contributed by atoms with Crippen LogP contribution in [-0.4, -0.2) is 33.3 Å². The average Bonchev–Trinajstić information content (AvgIpc) is 3.35. The van der Waals surface area contributed by atoms with Crippen molar-refractivity contribution in [2.45, 2.75) is 62.6 Å². The number of fused-ring (bicyclic) bond motifs is 1. The summed E-state index contributed by atoms with van der Waals surface area (Å²) in [5.41, 5.74) is 9.27. The van der Waals surface area contributed by atoms with Gasteiger partial charge in [0.2, 0.25) is 0 Å². The monoisotopic (exact) mass is 497 g/mol. The van der Waals surface area contributed by atoms with Crippen molar-refractivity contribution in [3.63, 3.8) is 0 Å². The predicted octanol–water partition coefficient (Wildman–Crippen LogP) is 5.31. The maximum atomic E-state index is 13.6. The molecule has 2 aromatic heterocycles. The zero-order valence-corrected chi connectivity index (χ0v) is 19.7. The molecule has 0 unspecified atom stereocenters. The van der Waals surface area contributed by atoms with Gasteiger partial charge in [-0.3, -0.25) is 0 Å². The molecule has 168 valence electrons. The molecule has 0 aliphatic heterocycles. The highest BCUT2D eigenvalue weighted by Crippen LogP contribution is 2.69. The Labute approximate surface area is 196 Å². The summed E-state index contributed by atoms with van der Waals surface area (Å²) in [5, 5.41) is 4.46. The van der Waals surface area contributed by atoms with Crippen molar-refractivity contribution in [1.29, 1.82) is 0 Å². The van der Waals surface area contributed by atoms with Gasteiger partial charge in [-0.2, -0.15) is 0 Å². The van der Waals surface area contributed by atoms with E-state index in [0.717, 1.165) is 67.1 Å². The topological polar surface area (TPSA) is 68.8 Å². The summed E-state index contributed by atoms with van der Waals surface area (Å²) in [6, 6.07) is 9.59. The molecule has 2 bridgehead atoms. The van der Waals surface area contributed by atoms with Gasteiger partial charge in [0.05, 0.1) is 5.39 Å². The highest BCUT2D eigenvalue weighted by atomic mass is 79.9. The van der Waals surface area contributed by atoms with E-state index in [1.807, 2.05) is 0 Å². The van der Waals surface area contributed by atoms with Crippen molar-refractivity contribution in [2.24, 2.45) is 5.41 Å². The number of benzene rings is 1. The number of nitrogen functional groups attached to an aromatic ring is 1. The molecule has 0 amide bonds. The van der Waals surface area contributed by atoms with Gasteiger partial charge in [-0.1, -0.05) is 24.3 Å². The molecule has 4 fully saturated rings. The number of nitrogens with two attached hydrogens (primary N) is 1. The molecular formula is C25H29BrFN5. The number of alkyl halides is 1. The van der Waals surface area contributed by atoms with Gasteiger partial charge in [0.25, 0.3) is 0 Å². The molecule has 4 saturated carbocycles. The molecular weight excluding hydrogens is 469 g/mol. The minimum Gasteiger partial charge on any atom is -0.383 e. The van der Waals surface area contributed by atoms with E-state index in [2.05, 4.69) is 66.2 Å². The van der Waals surface area contributed by atoms with Crippen LogP contribution in [0, 0.1) is 5.41 Å². The lowest BCUT2D eigenvalue weighted by molar-refractivity contribution is -0.209. The summed E-state index contributed by atoms with van der Waals surface area (Å²) in [4.78, 5) is 8.63. The lowest BCUT2D eigenvalue weighted by Crippen LogP contribution is -2.67. The zero-order chi connectivity index (χ0) is 21.9. The highest BCUT2D eigenvalue weighted by molar-refractivity contribution is 9.10. The first-order valence-electron chi connectivity index (χ1n) is 11.7. The summed E-state index contributed by atoms with van der Waals surface area (Å²) < 4.78 is 16.9. The number of hydrogen-bond acceptors (Lipinski definition) is 4. The Morgan fingerprint density at radius 3 is 2.69 bits per heavy atom. The van der Waals surface area contributed by atoms with Crippen molar-refractivity contribution >= 4 is 32.8 Å². The third-order valence-electron chi connectivity index (χ3n) is 8.01. The second kappa shape index (κ2) is 7.52. The molecule has 7 rings (SSSR count). The number of nitrogens with zero attached hydrogens (tertiary/aromatic N) is 3. The Morgan fingerprint density at radius 1 is 1.16 bits per heavy atom. The molecule has 3 aromatic rings. The van der Waals surface area contributed by atoms with E-state index in [1.165, 1.54) is 17.5 Å². The van der Waals surface area contributed by atoms with Crippen LogP contribution in [0.25, 0.3) is 11.0 Å². The first-order valence-corrected chi connectivity index (χ1v) is 12.5. The quantitative estimate of drug-likeness (QED) is 0.434. The fourth-order valence-electron chi connectivity index (χ4n) is 6.44. The molecule has 2 heterocycles. The first-order chi connectivity index (χ1) is 15.4. The molecule has 1 aromatic carbocycles. The number of hydrogen-bond donors (Lipinski definition) is 2. The number of anilines is 1. The molecule has 3 N–H and O–H groups in total. The third kappa shape index (κ3) is 3.45. The van der Waals surface area contributed by atoms with E-state index >= 15 is 0 Å². The normalized spacial score (nSPS) is 30.9. The van der Waals surface area contributed by atoms with Gasteiger partial charge in [0.1, 0.15) is 23.5 Å². The van der Waals surface area contributed by atoms with E-state index in [4.69, 9.17) is 5.73 Å². The predicted molar refractivity (Wildman–Crippen MR) is 128 cm³/mol. The van der Waals surface area contributed by atoms with E-state index in [9.17, 15) is 4.39 Å². The van der Waals surface area contributed by atoms with Crippen LogP contribution in [0.4, 0.5) is 10.2 Å². The van der Waals surface area contributed by atoms with Crippen molar-refractivity contribution < 1.29 is 4.39 Å². The fourth-order valence-corrected chi connectivity index (χ4v) is 7.05. The van der Waals surface area contributed by atoms with Crippen molar-refractivity contribution in [3.8, 4) is 0 Å². The summed E-state index contributed by atoms with van der Waals surface area (Å²) in [7, 11) is 0. The second-order valence-electron chi connectivity index (χ2n) is 10.4. The lowest BCUT2D eigenvalue weighted by Gasteiger charge is -2.66. The van der Waals surface area contributed by atoms with Gasteiger partial charge >= 0.3 is 0 Å². The Morgan fingerprint density at radius 2 is 1.94 bits per heavy atom. The maximum absolute atomic E-state index is 13.6. The van der Waals surface area contributed by atoms with Crippen molar-refractivity contribution in [3.05, 3.63) is 52.4 Å². The summed E-state index contributed by atoms with van der Waals surface area (Å²) >= 11 is 3.63. The molecule has 2 atom stereocenters. The molecule has 0 spiro atoms. The second-order valence-corrected chi connectivity index (χ2v) is 11.2. The molecule has 5 nitrogen and oxygen atoms in total.